The molecule has 78 valence electrons. The molecule has 1 aliphatic rings. The molecule has 0 atom stereocenters. The van der Waals surface area contributed by atoms with E-state index in [1.165, 1.54) is 36.3 Å². The Kier molecular flexibility index (Phi) is 2.87. The minimum Gasteiger partial charge on any atom is -0.299 e. The molecule has 0 unspecified atom stereocenters. The average Bonchev–Trinajstić information content (AvgIpc) is 2.47. The van der Waals surface area contributed by atoms with E-state index in [2.05, 4.69) is 28.9 Å². The third kappa shape index (κ3) is 1.69. The summed E-state index contributed by atoms with van der Waals surface area (Å²) < 4.78 is 0. The molecule has 0 fully saturated rings. The Hall–Kier alpha value is -0.830. The van der Waals surface area contributed by atoms with Crippen molar-refractivity contribution in [2.45, 2.75) is 39.7 Å². The fourth-order valence-corrected chi connectivity index (χ4v) is 2.18. The van der Waals surface area contributed by atoms with Gasteiger partial charge in [0.2, 0.25) is 0 Å². The first-order valence-electron chi connectivity index (χ1n) is 5.62. The standard InChI is InChI=1S/C11H19N3/c1-3-10-9-8-14(4-2)7-5-6-11(9)13-12-10/h3-8H2,1-2H3,(H,12,13). The summed E-state index contributed by atoms with van der Waals surface area (Å²) in [4.78, 5) is 2.50. The number of rotatable bonds is 2. The van der Waals surface area contributed by atoms with Crippen LogP contribution in [0.5, 0.6) is 0 Å². The quantitative estimate of drug-likeness (QED) is 0.776. The van der Waals surface area contributed by atoms with Crippen molar-refractivity contribution in [3.8, 4) is 0 Å². The molecule has 3 nitrogen and oxygen atoms in total. The highest BCUT2D eigenvalue weighted by Crippen LogP contribution is 2.19. The van der Waals surface area contributed by atoms with E-state index in [4.69, 9.17) is 0 Å². The highest BCUT2D eigenvalue weighted by molar-refractivity contribution is 5.26. The van der Waals surface area contributed by atoms with Crippen LogP contribution in [-0.4, -0.2) is 28.2 Å². The van der Waals surface area contributed by atoms with Gasteiger partial charge < -0.3 is 0 Å². The summed E-state index contributed by atoms with van der Waals surface area (Å²) in [5, 5.41) is 7.56. The van der Waals surface area contributed by atoms with E-state index >= 15 is 0 Å². The van der Waals surface area contributed by atoms with Crippen molar-refractivity contribution >= 4 is 0 Å². The van der Waals surface area contributed by atoms with Crippen molar-refractivity contribution in [3.05, 3.63) is 17.0 Å². The molecule has 1 aromatic heterocycles. The topological polar surface area (TPSA) is 31.9 Å². The molecule has 0 radical (unpaired) electrons. The van der Waals surface area contributed by atoms with Gasteiger partial charge in [-0.15, -0.1) is 0 Å². The largest absolute Gasteiger partial charge is 0.299 e. The third-order valence-corrected chi connectivity index (χ3v) is 3.10. The van der Waals surface area contributed by atoms with Crippen LogP contribution in [0.25, 0.3) is 0 Å². The summed E-state index contributed by atoms with van der Waals surface area (Å²) in [5.74, 6) is 0. The van der Waals surface area contributed by atoms with Crippen molar-refractivity contribution in [1.29, 1.82) is 0 Å². The van der Waals surface area contributed by atoms with Gasteiger partial charge >= 0.3 is 0 Å². The van der Waals surface area contributed by atoms with Crippen LogP contribution in [0.15, 0.2) is 0 Å². The molecule has 1 aromatic rings. The number of hydrogen-bond donors (Lipinski definition) is 1. The third-order valence-electron chi connectivity index (χ3n) is 3.10. The lowest BCUT2D eigenvalue weighted by atomic mass is 10.1. The van der Waals surface area contributed by atoms with E-state index in [-0.39, 0.29) is 0 Å². The lowest BCUT2D eigenvalue weighted by molar-refractivity contribution is 0.283. The molecule has 0 aliphatic carbocycles. The fourth-order valence-electron chi connectivity index (χ4n) is 2.18. The predicted octanol–water partition coefficient (Wildman–Crippen LogP) is 1.74. The maximum atomic E-state index is 4.38. The van der Waals surface area contributed by atoms with Gasteiger partial charge in [0.25, 0.3) is 0 Å². The Bertz CT molecular complexity index is 303. The number of nitrogens with zero attached hydrogens (tertiary/aromatic N) is 2. The molecule has 14 heavy (non-hydrogen) atoms. The first-order chi connectivity index (χ1) is 6.85. The molecule has 1 aliphatic heterocycles. The summed E-state index contributed by atoms with van der Waals surface area (Å²) >= 11 is 0. The smallest absolute Gasteiger partial charge is 0.0667 e. The van der Waals surface area contributed by atoms with Crippen LogP contribution in [0.3, 0.4) is 0 Å². The van der Waals surface area contributed by atoms with Gasteiger partial charge in [0.05, 0.1) is 5.69 Å². The van der Waals surface area contributed by atoms with Crippen LogP contribution >= 0.6 is 0 Å². The lowest BCUT2D eigenvalue weighted by Gasteiger charge is -2.17. The molecule has 3 heteroatoms. The van der Waals surface area contributed by atoms with E-state index in [0.717, 1.165) is 19.5 Å². The predicted molar refractivity (Wildman–Crippen MR) is 57.2 cm³/mol. The van der Waals surface area contributed by atoms with Crippen LogP contribution in [0.4, 0.5) is 0 Å². The van der Waals surface area contributed by atoms with Crippen molar-refractivity contribution in [1.82, 2.24) is 15.1 Å². The molecule has 2 heterocycles. The number of aromatic amines is 1. The minimum atomic E-state index is 1.05. The Morgan fingerprint density at radius 2 is 2.29 bits per heavy atom. The normalized spacial score (nSPS) is 17.9. The maximum Gasteiger partial charge on any atom is 0.0667 e. The van der Waals surface area contributed by atoms with Gasteiger partial charge in [-0.25, -0.2) is 0 Å². The monoisotopic (exact) mass is 193 g/mol. The van der Waals surface area contributed by atoms with Crippen molar-refractivity contribution in [2.75, 3.05) is 13.1 Å². The highest BCUT2D eigenvalue weighted by atomic mass is 15.2. The van der Waals surface area contributed by atoms with Crippen LogP contribution in [0.2, 0.25) is 0 Å². The molecule has 0 amide bonds. The number of aryl methyl sites for hydroxylation is 2. The Labute approximate surface area is 85.5 Å². The second-order valence-electron chi connectivity index (χ2n) is 3.95. The molecular formula is C11H19N3. The lowest BCUT2D eigenvalue weighted by Crippen LogP contribution is -2.22. The van der Waals surface area contributed by atoms with Gasteiger partial charge in [-0.3, -0.25) is 10.00 Å². The minimum absolute atomic E-state index is 1.05. The number of fused-ring (bicyclic) bond motifs is 1. The van der Waals surface area contributed by atoms with E-state index in [9.17, 15) is 0 Å². The SMILES string of the molecule is CCc1n[nH]c2c1CN(CC)CCC2. The Morgan fingerprint density at radius 1 is 1.43 bits per heavy atom. The zero-order valence-electron chi connectivity index (χ0n) is 9.14. The average molecular weight is 193 g/mol. The van der Waals surface area contributed by atoms with Gasteiger partial charge in [0.15, 0.2) is 0 Å². The zero-order valence-corrected chi connectivity index (χ0v) is 9.14. The molecule has 0 saturated carbocycles. The van der Waals surface area contributed by atoms with Crippen LogP contribution in [0, 0.1) is 0 Å². The number of hydrogen-bond acceptors (Lipinski definition) is 2. The van der Waals surface area contributed by atoms with Gasteiger partial charge in [-0.1, -0.05) is 13.8 Å². The first-order valence-corrected chi connectivity index (χ1v) is 5.62. The molecule has 0 aromatic carbocycles. The van der Waals surface area contributed by atoms with Gasteiger partial charge in [0.1, 0.15) is 0 Å². The summed E-state index contributed by atoms with van der Waals surface area (Å²) in [7, 11) is 0. The summed E-state index contributed by atoms with van der Waals surface area (Å²) in [5.41, 5.74) is 4.10. The van der Waals surface area contributed by atoms with Crippen LogP contribution < -0.4 is 0 Å². The van der Waals surface area contributed by atoms with Crippen molar-refractivity contribution in [3.63, 3.8) is 0 Å². The van der Waals surface area contributed by atoms with Gasteiger partial charge in [0, 0.05) is 17.8 Å². The summed E-state index contributed by atoms with van der Waals surface area (Å²) in [6.07, 6.45) is 3.47. The van der Waals surface area contributed by atoms with Crippen molar-refractivity contribution < 1.29 is 0 Å². The Balaban J connectivity index is 2.26. The number of nitrogens with one attached hydrogen (secondary N) is 1. The van der Waals surface area contributed by atoms with Crippen LogP contribution in [0.1, 0.15) is 37.2 Å². The second-order valence-corrected chi connectivity index (χ2v) is 3.95. The molecular weight excluding hydrogens is 174 g/mol. The summed E-state index contributed by atoms with van der Waals surface area (Å²) in [6, 6.07) is 0. The van der Waals surface area contributed by atoms with E-state index in [1.54, 1.807) is 0 Å². The van der Waals surface area contributed by atoms with E-state index in [0.29, 0.717) is 0 Å². The maximum absolute atomic E-state index is 4.38. The summed E-state index contributed by atoms with van der Waals surface area (Å²) in [6.45, 7) is 7.87. The first kappa shape index (κ1) is 9.71. The second kappa shape index (κ2) is 4.13. The number of aromatic nitrogens is 2. The van der Waals surface area contributed by atoms with Gasteiger partial charge in [-0.05, 0) is 32.4 Å². The van der Waals surface area contributed by atoms with E-state index in [1.807, 2.05) is 0 Å². The molecule has 2 rings (SSSR count). The van der Waals surface area contributed by atoms with Gasteiger partial charge in [-0.2, -0.15) is 5.10 Å². The molecule has 1 N–H and O–H groups in total. The number of H-pyrrole nitrogens is 1. The Morgan fingerprint density at radius 3 is 3.00 bits per heavy atom. The van der Waals surface area contributed by atoms with Crippen LogP contribution in [-0.2, 0) is 19.4 Å². The highest BCUT2D eigenvalue weighted by Gasteiger charge is 2.17. The fraction of sp³-hybridized carbons (Fsp3) is 0.727. The molecule has 0 bridgehead atoms. The van der Waals surface area contributed by atoms with E-state index < -0.39 is 0 Å². The molecule has 0 saturated heterocycles. The zero-order chi connectivity index (χ0) is 9.97. The van der Waals surface area contributed by atoms with Crippen molar-refractivity contribution in [2.24, 2.45) is 0 Å². The molecule has 0 spiro atoms.